The minimum Gasteiger partial charge on any atom is -0.454 e. The fourth-order valence-corrected chi connectivity index (χ4v) is 5.14. The van der Waals surface area contributed by atoms with Crippen LogP contribution in [0.25, 0.3) is 5.69 Å². The third kappa shape index (κ3) is 4.30. The van der Waals surface area contributed by atoms with Gasteiger partial charge in [0.2, 0.25) is 12.7 Å². The summed E-state index contributed by atoms with van der Waals surface area (Å²) in [6, 6.07) is 11.6. The van der Waals surface area contributed by atoms with Gasteiger partial charge in [0.15, 0.2) is 11.5 Å². The van der Waals surface area contributed by atoms with E-state index in [2.05, 4.69) is 26.2 Å². The van der Waals surface area contributed by atoms with Crippen LogP contribution in [0, 0.1) is 6.92 Å². The van der Waals surface area contributed by atoms with E-state index in [1.165, 1.54) is 0 Å². The number of carbonyl (C=O) groups excluding carboxylic acids is 1. The Morgan fingerprint density at radius 2 is 1.97 bits per heavy atom. The molecule has 0 spiro atoms. The molecule has 3 aromatic rings. The second kappa shape index (κ2) is 9.03. The van der Waals surface area contributed by atoms with E-state index in [4.69, 9.17) is 9.47 Å². The van der Waals surface area contributed by atoms with Crippen molar-refractivity contribution in [2.75, 3.05) is 19.9 Å². The average molecular weight is 527 g/mol. The molecule has 2 unspecified atom stereocenters. The molecule has 0 radical (unpaired) electrons. The van der Waals surface area contributed by atoms with Crippen LogP contribution in [0.5, 0.6) is 11.5 Å². The first kappa shape index (κ1) is 22.9. The maximum absolute atomic E-state index is 13.3. The lowest BCUT2D eigenvalue weighted by atomic mass is 9.92. The molecular weight excluding hydrogens is 500 g/mol. The van der Waals surface area contributed by atoms with Crippen LogP contribution in [0.2, 0.25) is 0 Å². The van der Waals surface area contributed by atoms with Crippen molar-refractivity contribution in [2.45, 2.75) is 44.6 Å². The molecular formula is C25H27BrN4O4. The molecule has 1 aromatic heterocycles. The van der Waals surface area contributed by atoms with Gasteiger partial charge >= 0.3 is 0 Å². The van der Waals surface area contributed by atoms with Gasteiger partial charge in [-0.05, 0) is 74.6 Å². The Hall–Kier alpha value is -2.91. The van der Waals surface area contributed by atoms with E-state index < -0.39 is 5.60 Å². The molecule has 9 heteroatoms. The highest BCUT2D eigenvalue weighted by molar-refractivity contribution is 9.10. The summed E-state index contributed by atoms with van der Waals surface area (Å²) in [5.41, 5.74) is 2.26. The first-order valence-electron chi connectivity index (χ1n) is 11.4. The molecule has 1 fully saturated rings. The summed E-state index contributed by atoms with van der Waals surface area (Å²) in [6.45, 7) is 5.16. The molecule has 5 rings (SSSR count). The fraction of sp³-hybridized carbons (Fsp3) is 0.400. The number of halogens is 1. The zero-order chi connectivity index (χ0) is 23.9. The number of fused-ring (bicyclic) bond motifs is 1. The predicted molar refractivity (Wildman–Crippen MR) is 129 cm³/mol. The number of aryl methyl sites for hydroxylation is 1. The van der Waals surface area contributed by atoms with Gasteiger partial charge in [0, 0.05) is 17.6 Å². The highest BCUT2D eigenvalue weighted by atomic mass is 79.9. The van der Waals surface area contributed by atoms with Gasteiger partial charge in [0.1, 0.15) is 11.3 Å². The average Bonchev–Trinajstić information content (AvgIpc) is 3.46. The molecule has 8 nitrogen and oxygen atoms in total. The number of likely N-dealkylation sites (tertiary alicyclic amines) is 1. The third-order valence-electron chi connectivity index (χ3n) is 6.77. The Morgan fingerprint density at radius 3 is 2.79 bits per heavy atom. The first-order valence-corrected chi connectivity index (χ1v) is 12.2. The number of ether oxygens (including phenoxy) is 2. The number of hydrogen-bond donors (Lipinski definition) is 1. The molecule has 1 N–H and O–H groups in total. The van der Waals surface area contributed by atoms with Crippen LogP contribution in [-0.2, 0) is 10.4 Å². The van der Waals surface area contributed by atoms with Crippen molar-refractivity contribution in [3.63, 3.8) is 0 Å². The number of amides is 1. The molecule has 178 valence electrons. The Morgan fingerprint density at radius 1 is 1.15 bits per heavy atom. The van der Waals surface area contributed by atoms with Crippen LogP contribution in [0.15, 0.2) is 47.1 Å². The lowest BCUT2D eigenvalue weighted by Gasteiger charge is -2.26. The van der Waals surface area contributed by atoms with Gasteiger partial charge in [-0.3, -0.25) is 4.79 Å². The van der Waals surface area contributed by atoms with E-state index in [-0.39, 0.29) is 18.6 Å². The van der Waals surface area contributed by atoms with Crippen LogP contribution < -0.4 is 9.47 Å². The van der Waals surface area contributed by atoms with Gasteiger partial charge in [-0.1, -0.05) is 27.2 Å². The Kier molecular flexibility index (Phi) is 6.07. The molecule has 2 aliphatic heterocycles. The second-order valence-corrected chi connectivity index (χ2v) is 9.94. The summed E-state index contributed by atoms with van der Waals surface area (Å²) in [5.74, 6) is 1.10. The fourth-order valence-electron chi connectivity index (χ4n) is 4.67. The normalized spacial score (nSPS) is 20.8. The number of aromatic nitrogens is 3. The smallest absolute Gasteiger partial charge is 0.231 e. The monoisotopic (exact) mass is 526 g/mol. The van der Waals surface area contributed by atoms with Gasteiger partial charge in [-0.15, -0.1) is 5.10 Å². The third-order valence-corrected chi connectivity index (χ3v) is 7.26. The molecule has 1 saturated heterocycles. The van der Waals surface area contributed by atoms with E-state index in [0.717, 1.165) is 21.3 Å². The van der Waals surface area contributed by atoms with E-state index in [1.807, 2.05) is 55.1 Å². The maximum Gasteiger partial charge on any atom is 0.231 e. The van der Waals surface area contributed by atoms with E-state index in [0.29, 0.717) is 49.5 Å². The van der Waals surface area contributed by atoms with Gasteiger partial charge in [0.25, 0.3) is 0 Å². The quantitative estimate of drug-likeness (QED) is 0.551. The number of hydrogen-bond acceptors (Lipinski definition) is 6. The summed E-state index contributed by atoms with van der Waals surface area (Å²) >= 11 is 3.48. The van der Waals surface area contributed by atoms with E-state index in [9.17, 15) is 9.90 Å². The molecule has 2 aromatic carbocycles. The van der Waals surface area contributed by atoms with Crippen molar-refractivity contribution in [1.82, 2.24) is 19.9 Å². The zero-order valence-electron chi connectivity index (χ0n) is 19.2. The molecule has 3 heterocycles. The van der Waals surface area contributed by atoms with Crippen LogP contribution in [0.3, 0.4) is 0 Å². The topological polar surface area (TPSA) is 89.7 Å². The Balaban J connectivity index is 1.29. The lowest BCUT2D eigenvalue weighted by Crippen LogP contribution is -2.36. The maximum atomic E-state index is 13.3. The zero-order valence-corrected chi connectivity index (χ0v) is 20.8. The molecule has 2 aliphatic rings. The standard InChI is InChI=1S/C25H27BrN4O4/c1-16-12-19(26)5-6-20(16)30-14-23(27-28-30)25(32)8-3-10-29(11-9-25)24(31)17(2)18-4-7-21-22(13-18)34-15-33-21/h4-7,12-14,17,32H,3,8-11,15H2,1-2H3. The number of aliphatic hydroxyl groups is 1. The van der Waals surface area contributed by atoms with Gasteiger partial charge in [-0.2, -0.15) is 0 Å². The molecule has 34 heavy (non-hydrogen) atoms. The number of nitrogens with zero attached hydrogens (tertiary/aromatic N) is 4. The molecule has 2 atom stereocenters. The summed E-state index contributed by atoms with van der Waals surface area (Å²) in [6.07, 6.45) is 3.40. The van der Waals surface area contributed by atoms with Crippen molar-refractivity contribution >= 4 is 21.8 Å². The summed E-state index contributed by atoms with van der Waals surface area (Å²) in [5, 5.41) is 20.0. The van der Waals surface area contributed by atoms with E-state index >= 15 is 0 Å². The first-order chi connectivity index (χ1) is 16.3. The van der Waals surface area contributed by atoms with Crippen LogP contribution in [-0.4, -0.2) is 50.8 Å². The number of rotatable bonds is 4. The minimum atomic E-state index is -1.13. The van der Waals surface area contributed by atoms with Crippen molar-refractivity contribution in [3.8, 4) is 17.2 Å². The molecule has 0 aliphatic carbocycles. The molecule has 0 bridgehead atoms. The molecule has 1 amide bonds. The van der Waals surface area contributed by atoms with Gasteiger partial charge in [0.05, 0.1) is 17.8 Å². The minimum absolute atomic E-state index is 0.0391. The van der Waals surface area contributed by atoms with Gasteiger partial charge < -0.3 is 19.5 Å². The second-order valence-electron chi connectivity index (χ2n) is 9.02. The van der Waals surface area contributed by atoms with Gasteiger partial charge in [-0.25, -0.2) is 4.68 Å². The Labute approximate surface area is 206 Å². The Bertz CT molecular complexity index is 1230. The summed E-state index contributed by atoms with van der Waals surface area (Å²) in [4.78, 5) is 15.1. The van der Waals surface area contributed by atoms with Crippen LogP contribution in [0.1, 0.15) is 48.9 Å². The van der Waals surface area contributed by atoms with Crippen LogP contribution in [0.4, 0.5) is 0 Å². The van der Waals surface area contributed by atoms with E-state index in [1.54, 1.807) is 10.9 Å². The van der Waals surface area contributed by atoms with Crippen molar-refractivity contribution < 1.29 is 19.4 Å². The van der Waals surface area contributed by atoms with Crippen LogP contribution >= 0.6 is 15.9 Å². The predicted octanol–water partition coefficient (Wildman–Crippen LogP) is 4.07. The molecule has 0 saturated carbocycles. The van der Waals surface area contributed by atoms with Crippen molar-refractivity contribution in [2.24, 2.45) is 0 Å². The highest BCUT2D eigenvalue weighted by Gasteiger charge is 2.37. The highest BCUT2D eigenvalue weighted by Crippen LogP contribution is 2.36. The lowest BCUT2D eigenvalue weighted by molar-refractivity contribution is -0.132. The SMILES string of the molecule is Cc1cc(Br)ccc1-n1cc(C2(O)CCCN(C(=O)C(C)c3ccc4c(c3)OCO4)CC2)nn1. The van der Waals surface area contributed by atoms with Crippen molar-refractivity contribution in [1.29, 1.82) is 0 Å². The van der Waals surface area contributed by atoms with Crippen molar-refractivity contribution in [3.05, 3.63) is 63.9 Å². The summed E-state index contributed by atoms with van der Waals surface area (Å²) in [7, 11) is 0. The largest absolute Gasteiger partial charge is 0.454 e. The number of carbonyl (C=O) groups is 1. The number of benzene rings is 2. The summed E-state index contributed by atoms with van der Waals surface area (Å²) < 4.78 is 13.5.